The van der Waals surface area contributed by atoms with Crippen LogP contribution in [-0.4, -0.2) is 57.2 Å². The molecule has 12 heteroatoms. The first-order valence-electron chi connectivity index (χ1n) is 12.7. The van der Waals surface area contributed by atoms with Crippen molar-refractivity contribution in [1.29, 1.82) is 5.26 Å². The summed E-state index contributed by atoms with van der Waals surface area (Å²) in [6.07, 6.45) is -2.64. The van der Waals surface area contributed by atoms with E-state index in [1.807, 2.05) is 38.4 Å². The van der Waals surface area contributed by atoms with Gasteiger partial charge in [0.2, 0.25) is 0 Å². The Labute approximate surface area is 223 Å². The Hall–Kier alpha value is -2.74. The highest BCUT2D eigenvalue weighted by Crippen LogP contribution is 2.51. The molecule has 2 aromatic rings. The number of alkyl halides is 1. The molecule has 5 atom stereocenters. The van der Waals surface area contributed by atoms with E-state index in [0.717, 1.165) is 0 Å². The van der Waals surface area contributed by atoms with Gasteiger partial charge >= 0.3 is 5.69 Å². The van der Waals surface area contributed by atoms with Gasteiger partial charge < -0.3 is 19.1 Å². The van der Waals surface area contributed by atoms with Crippen LogP contribution < -0.4 is 11.0 Å². The number of nitrogens with zero attached hydrogens (tertiary/aromatic N) is 4. The number of ether oxygens (including phenoxy) is 1. The van der Waals surface area contributed by atoms with Gasteiger partial charge in [0.1, 0.15) is 11.9 Å². The molecule has 1 aromatic carbocycles. The zero-order valence-electron chi connectivity index (χ0n) is 22.3. The summed E-state index contributed by atoms with van der Waals surface area (Å²) in [4.78, 5) is 29.4. The van der Waals surface area contributed by atoms with E-state index < -0.39 is 44.7 Å². The highest BCUT2D eigenvalue weighted by atomic mass is 31.2. The van der Waals surface area contributed by atoms with Gasteiger partial charge in [-0.15, -0.1) is 0 Å². The lowest BCUT2D eigenvalue weighted by atomic mass is 10.1. The third-order valence-corrected chi connectivity index (χ3v) is 8.05. The minimum absolute atomic E-state index is 0.0147. The number of hydrogen-bond donors (Lipinski definition) is 1. The zero-order valence-corrected chi connectivity index (χ0v) is 23.2. The molecule has 0 bridgehead atoms. The molecular weight excluding hydrogens is 512 g/mol. The van der Waals surface area contributed by atoms with Gasteiger partial charge in [0, 0.05) is 23.8 Å². The van der Waals surface area contributed by atoms with Crippen LogP contribution in [0.4, 0.5) is 10.2 Å². The lowest BCUT2D eigenvalue weighted by molar-refractivity contribution is -0.0372. The van der Waals surface area contributed by atoms with Crippen LogP contribution >= 0.6 is 8.53 Å². The maximum atomic E-state index is 15.6. The van der Waals surface area contributed by atoms with Crippen molar-refractivity contribution in [2.45, 2.75) is 84.2 Å². The molecule has 1 N–H and O–H groups in total. The fourth-order valence-corrected chi connectivity index (χ4v) is 5.94. The number of nitriles is 1. The normalized spacial score (nSPS) is 22.1. The molecule has 1 aliphatic heterocycles. The van der Waals surface area contributed by atoms with Gasteiger partial charge in [-0.3, -0.25) is 9.36 Å². The molecule has 1 saturated heterocycles. The zero-order chi connectivity index (χ0) is 27.8. The molecule has 38 heavy (non-hydrogen) atoms. The summed E-state index contributed by atoms with van der Waals surface area (Å²) in [6, 6.07) is 12.1. The molecule has 3 rings (SSSR count). The van der Waals surface area contributed by atoms with Crippen LogP contribution in [0.25, 0.3) is 0 Å². The van der Waals surface area contributed by atoms with E-state index in [1.54, 1.807) is 37.3 Å². The molecular formula is C26H35FN5O5P. The fourth-order valence-electron chi connectivity index (χ4n) is 4.21. The number of nitrogens with one attached hydrogen (secondary N) is 1. The Kier molecular flexibility index (Phi) is 10.9. The maximum Gasteiger partial charge on any atom is 0.351 e. The van der Waals surface area contributed by atoms with Crippen LogP contribution in [-0.2, 0) is 13.8 Å². The van der Waals surface area contributed by atoms with Crippen molar-refractivity contribution in [2.75, 3.05) is 11.9 Å². The third-order valence-electron chi connectivity index (χ3n) is 5.92. The van der Waals surface area contributed by atoms with E-state index in [1.165, 1.54) is 16.8 Å². The van der Waals surface area contributed by atoms with Gasteiger partial charge in [-0.1, -0.05) is 25.1 Å². The smallest absolute Gasteiger partial charge is 0.349 e. The lowest BCUT2D eigenvalue weighted by Crippen LogP contribution is -2.39. The quantitative estimate of drug-likeness (QED) is 0.297. The Morgan fingerprint density at radius 1 is 1.26 bits per heavy atom. The van der Waals surface area contributed by atoms with Crippen molar-refractivity contribution in [3.63, 3.8) is 0 Å². The van der Waals surface area contributed by atoms with Crippen LogP contribution in [0, 0.1) is 11.3 Å². The van der Waals surface area contributed by atoms with E-state index in [-0.39, 0.29) is 30.9 Å². The van der Waals surface area contributed by atoms with E-state index >= 15 is 4.39 Å². The SMILES string of the molecule is CC[C@H]1O[C@@H](n2ccc(NC(=O)c3ccccc3)nc2=O)[C@@H](OP(OCCC#N)N(C(C)C)C(C)C)C1F. The predicted molar refractivity (Wildman–Crippen MR) is 142 cm³/mol. The topological polar surface area (TPSA) is 119 Å². The van der Waals surface area contributed by atoms with Gasteiger partial charge in [0.05, 0.1) is 25.2 Å². The van der Waals surface area contributed by atoms with Crippen molar-refractivity contribution in [2.24, 2.45) is 0 Å². The number of aromatic nitrogens is 2. The van der Waals surface area contributed by atoms with Crippen LogP contribution in [0.15, 0.2) is 47.4 Å². The lowest BCUT2D eigenvalue weighted by Gasteiger charge is -2.37. The molecule has 2 unspecified atom stereocenters. The first-order chi connectivity index (χ1) is 18.2. The molecule has 10 nitrogen and oxygen atoms in total. The summed E-state index contributed by atoms with van der Waals surface area (Å²) in [6.45, 7) is 9.84. The second kappa shape index (κ2) is 13.9. The van der Waals surface area contributed by atoms with Crippen molar-refractivity contribution in [1.82, 2.24) is 14.2 Å². The summed E-state index contributed by atoms with van der Waals surface area (Å²) in [5.74, 6) is -0.349. The van der Waals surface area contributed by atoms with Crippen LogP contribution in [0.3, 0.4) is 0 Å². The van der Waals surface area contributed by atoms with E-state index in [2.05, 4.69) is 10.3 Å². The molecule has 2 heterocycles. The summed E-state index contributed by atoms with van der Waals surface area (Å²) in [7, 11) is -1.78. The Morgan fingerprint density at radius 3 is 2.53 bits per heavy atom. The van der Waals surface area contributed by atoms with E-state index in [4.69, 9.17) is 19.0 Å². The second-order valence-electron chi connectivity index (χ2n) is 9.36. The highest BCUT2D eigenvalue weighted by molar-refractivity contribution is 7.44. The number of hydrogen-bond acceptors (Lipinski definition) is 8. The molecule has 1 aromatic heterocycles. The van der Waals surface area contributed by atoms with Crippen LogP contribution in [0.5, 0.6) is 0 Å². The molecule has 206 valence electrons. The van der Waals surface area contributed by atoms with Gasteiger partial charge in [0.15, 0.2) is 12.4 Å². The summed E-state index contributed by atoms with van der Waals surface area (Å²) in [5.41, 5.74) is -0.306. The number of rotatable bonds is 12. The minimum atomic E-state index is -1.78. The first-order valence-corrected chi connectivity index (χ1v) is 13.8. The molecule has 1 aliphatic rings. The maximum absolute atomic E-state index is 15.6. The second-order valence-corrected chi connectivity index (χ2v) is 10.8. The van der Waals surface area contributed by atoms with Crippen molar-refractivity contribution >= 4 is 20.3 Å². The third kappa shape index (κ3) is 7.22. The number of amides is 1. The molecule has 0 radical (unpaired) electrons. The Balaban J connectivity index is 1.87. The first kappa shape index (κ1) is 29.8. The molecule has 0 saturated carbocycles. The Morgan fingerprint density at radius 2 is 1.95 bits per heavy atom. The molecule has 1 fully saturated rings. The van der Waals surface area contributed by atoms with Crippen molar-refractivity contribution in [3.8, 4) is 6.07 Å². The average molecular weight is 548 g/mol. The van der Waals surface area contributed by atoms with Crippen molar-refractivity contribution in [3.05, 3.63) is 58.6 Å². The Bertz CT molecular complexity index is 1150. The number of halogens is 1. The highest BCUT2D eigenvalue weighted by Gasteiger charge is 2.49. The van der Waals surface area contributed by atoms with E-state index in [0.29, 0.717) is 12.0 Å². The summed E-state index contributed by atoms with van der Waals surface area (Å²) >= 11 is 0. The molecule has 0 aliphatic carbocycles. The van der Waals surface area contributed by atoms with Gasteiger partial charge in [0.25, 0.3) is 14.4 Å². The largest absolute Gasteiger partial charge is 0.351 e. The fraction of sp³-hybridized carbons (Fsp3) is 0.538. The van der Waals surface area contributed by atoms with Gasteiger partial charge in [-0.05, 0) is 52.3 Å². The average Bonchev–Trinajstić information content (AvgIpc) is 3.19. The van der Waals surface area contributed by atoms with Crippen LogP contribution in [0.1, 0.15) is 64.0 Å². The summed E-state index contributed by atoms with van der Waals surface area (Å²) < 4.78 is 36.9. The predicted octanol–water partition coefficient (Wildman–Crippen LogP) is 4.80. The number of benzene rings is 1. The van der Waals surface area contributed by atoms with Crippen molar-refractivity contribution < 1.29 is 23.0 Å². The monoisotopic (exact) mass is 547 g/mol. The van der Waals surface area contributed by atoms with E-state index in [9.17, 15) is 9.59 Å². The number of carbonyl (C=O) groups excluding carboxylic acids is 1. The molecule has 0 spiro atoms. The minimum Gasteiger partial charge on any atom is -0.349 e. The van der Waals surface area contributed by atoms with Gasteiger partial charge in [-0.25, -0.2) is 13.9 Å². The number of carbonyl (C=O) groups is 1. The number of anilines is 1. The standard InChI is InChI=1S/C26H35FN5O5P/c1-6-20-22(27)23(37-38(35-16-10-14-28)32(17(2)3)18(4)5)25(36-20)31-15-13-21(30-26(31)34)29-24(33)19-11-8-7-9-12-19/h7-9,11-13,15,17-18,20,22-23,25H,6,10,16H2,1-5H3,(H,29,30,33,34)/t20-,22?,23+,25-,38?/m1/s1. The van der Waals surface area contributed by atoms with Gasteiger partial charge in [-0.2, -0.15) is 10.2 Å². The van der Waals surface area contributed by atoms with Crippen LogP contribution in [0.2, 0.25) is 0 Å². The molecule has 1 amide bonds. The summed E-state index contributed by atoms with van der Waals surface area (Å²) in [5, 5.41) is 11.6.